The van der Waals surface area contributed by atoms with Gasteiger partial charge in [0.1, 0.15) is 6.33 Å². The summed E-state index contributed by atoms with van der Waals surface area (Å²) < 4.78 is 0. The van der Waals surface area contributed by atoms with E-state index in [2.05, 4.69) is 49.6 Å². The van der Waals surface area contributed by atoms with E-state index >= 15 is 0 Å². The van der Waals surface area contributed by atoms with Crippen LogP contribution in [0.25, 0.3) is 0 Å². The fourth-order valence-corrected chi connectivity index (χ4v) is 2.37. The summed E-state index contributed by atoms with van der Waals surface area (Å²) in [5.41, 5.74) is 5.46. The van der Waals surface area contributed by atoms with Crippen LogP contribution in [-0.2, 0) is 6.54 Å². The van der Waals surface area contributed by atoms with Crippen LogP contribution >= 0.6 is 11.6 Å². The molecule has 0 amide bonds. The SMILES string of the molecule is C#CCNc1ncnc(NN(CCC)Cc2cccc(Cl)c2C)n1. The molecular weight excluding hydrogens is 324 g/mol. The van der Waals surface area contributed by atoms with Crippen LogP contribution in [0.1, 0.15) is 24.5 Å². The number of hydrogen-bond donors (Lipinski definition) is 2. The summed E-state index contributed by atoms with van der Waals surface area (Å²) in [5, 5.41) is 5.75. The van der Waals surface area contributed by atoms with E-state index in [1.807, 2.05) is 19.1 Å². The first kappa shape index (κ1) is 18.0. The van der Waals surface area contributed by atoms with Crippen LogP contribution in [0, 0.1) is 19.3 Å². The third-order valence-electron chi connectivity index (χ3n) is 3.41. The first-order valence-electron chi connectivity index (χ1n) is 7.76. The highest BCUT2D eigenvalue weighted by Gasteiger charge is 2.10. The molecule has 0 bridgehead atoms. The molecule has 2 aromatic rings. The van der Waals surface area contributed by atoms with Crippen molar-refractivity contribution in [1.82, 2.24) is 20.0 Å². The van der Waals surface area contributed by atoms with Gasteiger partial charge in [0.15, 0.2) is 0 Å². The molecule has 126 valence electrons. The minimum Gasteiger partial charge on any atom is -0.343 e. The number of terminal acetylenes is 1. The van der Waals surface area contributed by atoms with Crippen LogP contribution in [0.3, 0.4) is 0 Å². The van der Waals surface area contributed by atoms with Gasteiger partial charge in [0, 0.05) is 18.1 Å². The maximum Gasteiger partial charge on any atom is 0.242 e. The number of aromatic nitrogens is 3. The lowest BCUT2D eigenvalue weighted by atomic mass is 10.1. The Morgan fingerprint density at radius 2 is 2.08 bits per heavy atom. The van der Waals surface area contributed by atoms with E-state index < -0.39 is 0 Å². The second-order valence-electron chi connectivity index (χ2n) is 5.25. The predicted octanol–water partition coefficient (Wildman–Crippen LogP) is 3.12. The number of rotatable bonds is 8. The second-order valence-corrected chi connectivity index (χ2v) is 5.65. The highest BCUT2D eigenvalue weighted by Crippen LogP contribution is 2.20. The molecule has 0 fully saturated rings. The summed E-state index contributed by atoms with van der Waals surface area (Å²) in [6.45, 7) is 6.03. The Kier molecular flexibility index (Phi) is 6.79. The third kappa shape index (κ3) is 5.08. The Balaban J connectivity index is 2.11. The van der Waals surface area contributed by atoms with Gasteiger partial charge >= 0.3 is 0 Å². The van der Waals surface area contributed by atoms with Gasteiger partial charge in [-0.2, -0.15) is 4.98 Å². The van der Waals surface area contributed by atoms with E-state index in [1.54, 1.807) is 0 Å². The summed E-state index contributed by atoms with van der Waals surface area (Å²) in [6, 6.07) is 5.92. The Labute approximate surface area is 147 Å². The number of anilines is 2. The molecule has 6 nitrogen and oxygen atoms in total. The van der Waals surface area contributed by atoms with E-state index in [9.17, 15) is 0 Å². The average Bonchev–Trinajstić information content (AvgIpc) is 2.58. The molecule has 2 rings (SSSR count). The number of nitrogens with one attached hydrogen (secondary N) is 2. The quantitative estimate of drug-likeness (QED) is 0.566. The van der Waals surface area contributed by atoms with Gasteiger partial charge in [0.25, 0.3) is 0 Å². The Morgan fingerprint density at radius 1 is 1.29 bits per heavy atom. The maximum absolute atomic E-state index is 6.21. The first-order chi connectivity index (χ1) is 11.6. The number of nitrogens with zero attached hydrogens (tertiary/aromatic N) is 4. The molecule has 0 aliphatic heterocycles. The third-order valence-corrected chi connectivity index (χ3v) is 3.82. The van der Waals surface area contributed by atoms with Gasteiger partial charge in [-0.15, -0.1) is 6.42 Å². The first-order valence-corrected chi connectivity index (χ1v) is 8.13. The van der Waals surface area contributed by atoms with Crippen LogP contribution in [-0.4, -0.2) is 33.1 Å². The number of hydrogen-bond acceptors (Lipinski definition) is 6. The maximum atomic E-state index is 6.21. The van der Waals surface area contributed by atoms with Crippen molar-refractivity contribution in [1.29, 1.82) is 0 Å². The van der Waals surface area contributed by atoms with E-state index in [0.717, 1.165) is 29.1 Å². The highest BCUT2D eigenvalue weighted by molar-refractivity contribution is 6.31. The topological polar surface area (TPSA) is 66.0 Å². The molecule has 0 aliphatic carbocycles. The zero-order valence-electron chi connectivity index (χ0n) is 13.9. The van der Waals surface area contributed by atoms with Crippen molar-refractivity contribution in [2.24, 2.45) is 0 Å². The van der Waals surface area contributed by atoms with Gasteiger partial charge in [0.05, 0.1) is 6.54 Å². The van der Waals surface area contributed by atoms with Crippen molar-refractivity contribution in [3.63, 3.8) is 0 Å². The summed E-state index contributed by atoms with van der Waals surface area (Å²) in [5.74, 6) is 3.40. The molecule has 2 N–H and O–H groups in total. The summed E-state index contributed by atoms with van der Waals surface area (Å²) in [4.78, 5) is 12.5. The Morgan fingerprint density at radius 3 is 2.83 bits per heavy atom. The molecule has 0 saturated heterocycles. The van der Waals surface area contributed by atoms with Gasteiger partial charge < -0.3 is 5.32 Å². The fourth-order valence-electron chi connectivity index (χ4n) is 2.18. The fraction of sp³-hybridized carbons (Fsp3) is 0.353. The lowest BCUT2D eigenvalue weighted by Crippen LogP contribution is -2.31. The largest absolute Gasteiger partial charge is 0.343 e. The van der Waals surface area contributed by atoms with Crippen molar-refractivity contribution in [2.45, 2.75) is 26.8 Å². The Bertz CT molecular complexity index is 712. The van der Waals surface area contributed by atoms with Crippen LogP contribution < -0.4 is 10.7 Å². The van der Waals surface area contributed by atoms with Crippen molar-refractivity contribution in [3.8, 4) is 12.3 Å². The molecule has 24 heavy (non-hydrogen) atoms. The standard InChI is InChI=1S/C17H21ClN6/c1-4-9-19-16-20-12-21-17(22-16)23-24(10-5-2)11-14-7-6-8-15(18)13(14)3/h1,6-8,12H,5,9-11H2,2-3H3,(H2,19,20,21,22,23). The minimum absolute atomic E-state index is 0.365. The van der Waals surface area contributed by atoms with E-state index in [4.69, 9.17) is 18.0 Å². The average molecular weight is 345 g/mol. The van der Waals surface area contributed by atoms with Crippen molar-refractivity contribution in [3.05, 3.63) is 40.7 Å². The zero-order chi connectivity index (χ0) is 17.4. The van der Waals surface area contributed by atoms with Crippen molar-refractivity contribution < 1.29 is 0 Å². The summed E-state index contributed by atoms with van der Waals surface area (Å²) in [7, 11) is 0. The van der Waals surface area contributed by atoms with Crippen molar-refractivity contribution >= 4 is 23.5 Å². The van der Waals surface area contributed by atoms with Gasteiger partial charge in [0.2, 0.25) is 11.9 Å². The monoisotopic (exact) mass is 344 g/mol. The van der Waals surface area contributed by atoms with Gasteiger partial charge in [-0.3, -0.25) is 5.43 Å². The molecule has 0 unspecified atom stereocenters. The van der Waals surface area contributed by atoms with Gasteiger partial charge in [-0.25, -0.2) is 15.0 Å². The molecule has 1 aromatic carbocycles. The molecule has 0 aliphatic rings. The van der Waals surface area contributed by atoms with Gasteiger partial charge in [-0.1, -0.05) is 36.6 Å². The molecule has 1 heterocycles. The smallest absolute Gasteiger partial charge is 0.242 e. The molecule has 7 heteroatoms. The van der Waals surface area contributed by atoms with Crippen LogP contribution in [0.15, 0.2) is 24.5 Å². The lowest BCUT2D eigenvalue weighted by molar-refractivity contribution is 0.318. The number of benzene rings is 1. The molecule has 0 atom stereocenters. The minimum atomic E-state index is 0.365. The van der Waals surface area contributed by atoms with Crippen LogP contribution in [0.4, 0.5) is 11.9 Å². The van der Waals surface area contributed by atoms with E-state index in [0.29, 0.717) is 25.0 Å². The zero-order valence-corrected chi connectivity index (χ0v) is 14.6. The summed E-state index contributed by atoms with van der Waals surface area (Å²) >= 11 is 6.21. The van der Waals surface area contributed by atoms with Gasteiger partial charge in [-0.05, 0) is 30.5 Å². The van der Waals surface area contributed by atoms with E-state index in [1.165, 1.54) is 6.33 Å². The molecule has 0 spiro atoms. The van der Waals surface area contributed by atoms with Crippen LogP contribution in [0.5, 0.6) is 0 Å². The molecule has 0 radical (unpaired) electrons. The molecular formula is C17H21ClN6. The second kappa shape index (κ2) is 9.06. The Hall–Kier alpha value is -2.36. The predicted molar refractivity (Wildman–Crippen MR) is 97.7 cm³/mol. The van der Waals surface area contributed by atoms with E-state index in [-0.39, 0.29) is 0 Å². The molecule has 1 aromatic heterocycles. The summed E-state index contributed by atoms with van der Waals surface area (Å²) in [6.07, 6.45) is 7.66. The van der Waals surface area contributed by atoms with Crippen LogP contribution in [0.2, 0.25) is 5.02 Å². The lowest BCUT2D eigenvalue weighted by Gasteiger charge is -2.23. The normalized spacial score (nSPS) is 10.5. The highest BCUT2D eigenvalue weighted by atomic mass is 35.5. The number of halogens is 1. The number of hydrazine groups is 1. The molecule has 0 saturated carbocycles. The van der Waals surface area contributed by atoms with Crippen molar-refractivity contribution in [2.75, 3.05) is 23.8 Å².